The van der Waals surface area contributed by atoms with Crippen LogP contribution in [0.25, 0.3) is 0 Å². The first kappa shape index (κ1) is 12.4. The van der Waals surface area contributed by atoms with E-state index in [1.807, 2.05) is 0 Å². The molecule has 15 heavy (non-hydrogen) atoms. The van der Waals surface area contributed by atoms with Crippen molar-refractivity contribution in [1.29, 1.82) is 0 Å². The van der Waals surface area contributed by atoms with Crippen LogP contribution in [-0.2, 0) is 11.2 Å². The van der Waals surface area contributed by atoms with E-state index in [4.69, 9.17) is 5.11 Å². The van der Waals surface area contributed by atoms with Gasteiger partial charge < -0.3 is 5.11 Å². The van der Waals surface area contributed by atoms with Crippen LogP contribution in [-0.4, -0.2) is 26.5 Å². The summed E-state index contributed by atoms with van der Waals surface area (Å²) in [6, 6.07) is 0. The maximum atomic E-state index is 10.6. The zero-order valence-corrected chi connectivity index (χ0v) is 10.4. The second kappa shape index (κ2) is 6.07. The van der Waals surface area contributed by atoms with Gasteiger partial charge in [-0.25, -0.2) is 0 Å². The summed E-state index contributed by atoms with van der Waals surface area (Å²) >= 11 is 2.75. The largest absolute Gasteiger partial charge is 0.480 e. The molecule has 0 radical (unpaired) electrons. The zero-order valence-electron chi connectivity index (χ0n) is 8.77. The Bertz CT molecular complexity index is 328. The molecular weight excluding hydrogens is 232 g/mol. The Hall–Kier alpha value is -0.620. The molecule has 6 heteroatoms. The molecular formula is C9H14N2O2S2. The predicted octanol–water partition coefficient (Wildman–Crippen LogP) is 2.45. The van der Waals surface area contributed by atoms with Gasteiger partial charge in [-0.2, -0.15) is 0 Å². The summed E-state index contributed by atoms with van der Waals surface area (Å²) < 4.78 is 0.746. The minimum atomic E-state index is -0.815. The summed E-state index contributed by atoms with van der Waals surface area (Å²) in [5.74, 6) is -0.815. The number of nitrogens with zero attached hydrogens (tertiary/aromatic N) is 2. The molecule has 0 aliphatic rings. The van der Waals surface area contributed by atoms with Crippen LogP contribution in [0, 0.1) is 0 Å². The summed E-state index contributed by atoms with van der Waals surface area (Å²) in [5.41, 5.74) is 0. The molecule has 4 nitrogen and oxygen atoms in total. The van der Waals surface area contributed by atoms with Crippen LogP contribution in [0.5, 0.6) is 0 Å². The lowest BCUT2D eigenvalue weighted by Crippen LogP contribution is -2.10. The number of hydrogen-bond acceptors (Lipinski definition) is 5. The van der Waals surface area contributed by atoms with Crippen molar-refractivity contribution in [2.24, 2.45) is 0 Å². The first-order chi connectivity index (χ1) is 7.13. The number of aryl methyl sites for hydroxylation is 1. The second-order valence-electron chi connectivity index (χ2n) is 3.16. The molecule has 1 aromatic heterocycles. The standard InChI is InChI=1S/C9H14N2O2S2/c1-3-4-5-7-10-11-9(15-7)14-6(2)8(12)13/h6H,3-5H2,1-2H3,(H,12,13). The molecule has 1 atom stereocenters. The number of rotatable bonds is 6. The first-order valence-electron chi connectivity index (χ1n) is 4.85. The number of hydrogen-bond donors (Lipinski definition) is 1. The fraction of sp³-hybridized carbons (Fsp3) is 0.667. The van der Waals surface area contributed by atoms with E-state index in [0.717, 1.165) is 28.6 Å². The van der Waals surface area contributed by atoms with Crippen molar-refractivity contribution >= 4 is 29.1 Å². The second-order valence-corrected chi connectivity index (χ2v) is 5.81. The first-order valence-corrected chi connectivity index (χ1v) is 6.55. The molecule has 0 saturated carbocycles. The van der Waals surface area contributed by atoms with Crippen LogP contribution in [0.3, 0.4) is 0 Å². The van der Waals surface area contributed by atoms with E-state index < -0.39 is 11.2 Å². The van der Waals surface area contributed by atoms with E-state index in [0.29, 0.717) is 0 Å². The predicted molar refractivity (Wildman–Crippen MR) is 61.5 cm³/mol. The van der Waals surface area contributed by atoms with Crippen molar-refractivity contribution in [2.75, 3.05) is 0 Å². The van der Waals surface area contributed by atoms with E-state index in [1.54, 1.807) is 6.92 Å². The normalized spacial score (nSPS) is 12.7. The van der Waals surface area contributed by atoms with E-state index in [9.17, 15) is 4.79 Å². The maximum absolute atomic E-state index is 10.6. The van der Waals surface area contributed by atoms with Gasteiger partial charge in [0.15, 0.2) is 4.34 Å². The number of carboxylic acids is 1. The minimum absolute atomic E-state index is 0.461. The van der Waals surface area contributed by atoms with Crippen molar-refractivity contribution in [3.8, 4) is 0 Å². The van der Waals surface area contributed by atoms with Crippen molar-refractivity contribution in [3.05, 3.63) is 5.01 Å². The van der Waals surface area contributed by atoms with Gasteiger partial charge in [0.25, 0.3) is 0 Å². The van der Waals surface area contributed by atoms with Crippen LogP contribution >= 0.6 is 23.1 Å². The van der Waals surface area contributed by atoms with E-state index in [2.05, 4.69) is 17.1 Å². The molecule has 1 rings (SSSR count). The third-order valence-corrected chi connectivity index (χ3v) is 3.97. The lowest BCUT2D eigenvalue weighted by atomic mass is 10.3. The molecule has 1 heterocycles. The van der Waals surface area contributed by atoms with Crippen molar-refractivity contribution in [2.45, 2.75) is 42.7 Å². The van der Waals surface area contributed by atoms with Gasteiger partial charge in [-0.05, 0) is 13.3 Å². The Kier molecular flexibility index (Phi) is 5.04. The average molecular weight is 246 g/mol. The fourth-order valence-corrected chi connectivity index (χ4v) is 2.93. The summed E-state index contributed by atoms with van der Waals surface area (Å²) in [6.07, 6.45) is 3.18. The van der Waals surface area contributed by atoms with E-state index in [-0.39, 0.29) is 0 Å². The molecule has 0 aliphatic carbocycles. The van der Waals surface area contributed by atoms with Gasteiger partial charge in [0.1, 0.15) is 10.3 Å². The maximum Gasteiger partial charge on any atom is 0.316 e. The highest BCUT2D eigenvalue weighted by Crippen LogP contribution is 2.27. The molecule has 0 amide bonds. The van der Waals surface area contributed by atoms with Crippen molar-refractivity contribution < 1.29 is 9.90 Å². The van der Waals surface area contributed by atoms with Gasteiger partial charge >= 0.3 is 5.97 Å². The van der Waals surface area contributed by atoms with E-state index >= 15 is 0 Å². The van der Waals surface area contributed by atoms with Gasteiger partial charge in [-0.3, -0.25) is 4.79 Å². The molecule has 0 aliphatic heterocycles. The van der Waals surface area contributed by atoms with Crippen LogP contribution in [0.15, 0.2) is 4.34 Å². The van der Waals surface area contributed by atoms with Gasteiger partial charge in [0.2, 0.25) is 0 Å². The molecule has 1 unspecified atom stereocenters. The summed E-state index contributed by atoms with van der Waals surface area (Å²) in [4.78, 5) is 10.6. The van der Waals surface area contributed by atoms with Gasteiger partial charge in [-0.15, -0.1) is 10.2 Å². The molecule has 1 aromatic rings. The number of carbonyl (C=O) groups is 1. The Morgan fingerprint density at radius 1 is 1.60 bits per heavy atom. The molecule has 0 spiro atoms. The Labute approximate surface area is 97.1 Å². The third kappa shape index (κ3) is 4.17. The van der Waals surface area contributed by atoms with Crippen molar-refractivity contribution in [1.82, 2.24) is 10.2 Å². The molecule has 0 aromatic carbocycles. The Morgan fingerprint density at radius 3 is 2.93 bits per heavy atom. The summed E-state index contributed by atoms with van der Waals surface area (Å²) in [6.45, 7) is 3.78. The Morgan fingerprint density at radius 2 is 2.33 bits per heavy atom. The number of aromatic nitrogens is 2. The van der Waals surface area contributed by atoms with Gasteiger partial charge in [-0.1, -0.05) is 36.4 Å². The lowest BCUT2D eigenvalue weighted by molar-refractivity contribution is -0.136. The molecule has 0 bridgehead atoms. The number of thioether (sulfide) groups is 1. The highest BCUT2D eigenvalue weighted by molar-refractivity contribution is 8.02. The highest BCUT2D eigenvalue weighted by Gasteiger charge is 2.15. The number of unbranched alkanes of at least 4 members (excludes halogenated alkanes) is 1. The Balaban J connectivity index is 2.49. The molecule has 1 N–H and O–H groups in total. The van der Waals surface area contributed by atoms with Crippen molar-refractivity contribution in [3.63, 3.8) is 0 Å². The zero-order chi connectivity index (χ0) is 11.3. The summed E-state index contributed by atoms with van der Waals surface area (Å²) in [7, 11) is 0. The minimum Gasteiger partial charge on any atom is -0.480 e. The van der Waals surface area contributed by atoms with Crippen LogP contribution < -0.4 is 0 Å². The average Bonchev–Trinajstić information content (AvgIpc) is 2.62. The van der Waals surface area contributed by atoms with Gasteiger partial charge in [0.05, 0.1) is 0 Å². The molecule has 84 valence electrons. The monoisotopic (exact) mass is 246 g/mol. The lowest BCUT2D eigenvalue weighted by Gasteiger charge is -1.99. The SMILES string of the molecule is CCCCc1nnc(SC(C)C(=O)O)s1. The topological polar surface area (TPSA) is 63.1 Å². The molecule has 0 fully saturated rings. The smallest absolute Gasteiger partial charge is 0.316 e. The van der Waals surface area contributed by atoms with E-state index in [1.165, 1.54) is 23.1 Å². The van der Waals surface area contributed by atoms with Crippen LogP contribution in [0.4, 0.5) is 0 Å². The number of aliphatic carboxylic acids is 1. The van der Waals surface area contributed by atoms with Crippen LogP contribution in [0.2, 0.25) is 0 Å². The fourth-order valence-electron chi connectivity index (χ4n) is 0.916. The highest BCUT2D eigenvalue weighted by atomic mass is 32.2. The number of carboxylic acid groups (broad SMARTS) is 1. The molecule has 0 saturated heterocycles. The third-order valence-electron chi connectivity index (χ3n) is 1.82. The van der Waals surface area contributed by atoms with Gasteiger partial charge in [0, 0.05) is 6.42 Å². The quantitative estimate of drug-likeness (QED) is 0.781. The summed E-state index contributed by atoms with van der Waals surface area (Å²) in [5, 5.41) is 17.2. The van der Waals surface area contributed by atoms with Crippen LogP contribution in [0.1, 0.15) is 31.7 Å².